The Morgan fingerprint density at radius 1 is 1.24 bits per heavy atom. The van der Waals surface area contributed by atoms with Crippen LogP contribution in [0.25, 0.3) is 11.3 Å². The van der Waals surface area contributed by atoms with Gasteiger partial charge in [0.05, 0.1) is 30.3 Å². The van der Waals surface area contributed by atoms with Crippen molar-refractivity contribution in [3.05, 3.63) is 63.1 Å². The summed E-state index contributed by atoms with van der Waals surface area (Å²) in [6.45, 7) is 3.98. The molecule has 1 aliphatic carbocycles. The van der Waals surface area contributed by atoms with Crippen LogP contribution >= 0.6 is 0 Å². The molecule has 0 saturated carbocycles. The Balaban J connectivity index is 1.63. The van der Waals surface area contributed by atoms with E-state index < -0.39 is 16.8 Å². The van der Waals surface area contributed by atoms with Gasteiger partial charge in [0.25, 0.3) is 11.6 Å². The Hall–Kier alpha value is -4.08. The molecular weight excluding hydrogens is 444 g/mol. The second-order valence-corrected chi connectivity index (χ2v) is 8.03. The predicted octanol–water partition coefficient (Wildman–Crippen LogP) is 5.01. The van der Waals surface area contributed by atoms with Crippen molar-refractivity contribution in [1.29, 1.82) is 0 Å². The molecule has 1 amide bonds. The number of fused-ring (bicyclic) bond motifs is 1. The number of nitro groups is 1. The number of carbonyl (C=O) groups is 2. The molecule has 0 unspecified atom stereocenters. The SMILES string of the molecule is CCOC(=O)c1c(NC(=O)c2ccc(-c3ccc(OC)cc3[N+](=O)[O-])o2)oc2c1CC[C@H](C)C2. The second kappa shape index (κ2) is 9.42. The summed E-state index contributed by atoms with van der Waals surface area (Å²) in [7, 11) is 1.41. The summed E-state index contributed by atoms with van der Waals surface area (Å²) in [5.74, 6) is 0.198. The minimum absolute atomic E-state index is 0.0101. The summed E-state index contributed by atoms with van der Waals surface area (Å²) < 4.78 is 21.7. The van der Waals surface area contributed by atoms with E-state index in [9.17, 15) is 19.7 Å². The lowest BCUT2D eigenvalue weighted by molar-refractivity contribution is -0.384. The van der Waals surface area contributed by atoms with Crippen LogP contribution in [0.4, 0.5) is 11.6 Å². The average Bonchev–Trinajstić information content (AvgIpc) is 3.43. The molecular formula is C24H24N2O8. The van der Waals surface area contributed by atoms with Crippen LogP contribution in [0.5, 0.6) is 5.75 Å². The van der Waals surface area contributed by atoms with Crippen LogP contribution in [0.15, 0.2) is 39.2 Å². The van der Waals surface area contributed by atoms with Crippen LogP contribution in [0.3, 0.4) is 0 Å². The molecule has 3 aromatic rings. The fourth-order valence-corrected chi connectivity index (χ4v) is 4.03. The standard InChI is InChI=1S/C24H24N2O8/c1-4-32-24(28)21-16-7-5-13(2)11-20(16)34-23(21)25-22(27)19-10-9-18(33-19)15-8-6-14(31-3)12-17(15)26(29)30/h6,8-10,12-13H,4-5,7,11H2,1-3H3,(H,25,27)/t13-/m0/s1. The highest BCUT2D eigenvalue weighted by atomic mass is 16.6. The second-order valence-electron chi connectivity index (χ2n) is 8.03. The Morgan fingerprint density at radius 2 is 2.03 bits per heavy atom. The van der Waals surface area contributed by atoms with Gasteiger partial charge >= 0.3 is 5.97 Å². The first-order valence-electron chi connectivity index (χ1n) is 10.9. The molecule has 0 bridgehead atoms. The van der Waals surface area contributed by atoms with Crippen molar-refractivity contribution in [1.82, 2.24) is 0 Å². The minimum atomic E-state index is -0.660. The number of ether oxygens (including phenoxy) is 2. The summed E-state index contributed by atoms with van der Waals surface area (Å²) in [6.07, 6.45) is 2.20. The number of nitrogens with zero attached hydrogens (tertiary/aromatic N) is 1. The van der Waals surface area contributed by atoms with E-state index in [1.807, 2.05) is 0 Å². The van der Waals surface area contributed by atoms with E-state index in [2.05, 4.69) is 12.2 Å². The van der Waals surface area contributed by atoms with Crippen molar-refractivity contribution in [2.24, 2.45) is 5.92 Å². The lowest BCUT2D eigenvalue weighted by Crippen LogP contribution is -2.16. The van der Waals surface area contributed by atoms with Crippen LogP contribution in [-0.2, 0) is 17.6 Å². The number of benzene rings is 1. The van der Waals surface area contributed by atoms with Gasteiger partial charge in [0, 0.05) is 12.0 Å². The molecule has 4 rings (SSSR count). The van der Waals surface area contributed by atoms with Crippen LogP contribution in [0, 0.1) is 16.0 Å². The molecule has 1 N–H and O–H groups in total. The van der Waals surface area contributed by atoms with Crippen LogP contribution < -0.4 is 10.1 Å². The van der Waals surface area contributed by atoms with Crippen molar-refractivity contribution >= 4 is 23.4 Å². The third kappa shape index (κ3) is 4.39. The van der Waals surface area contributed by atoms with Crippen molar-refractivity contribution in [2.45, 2.75) is 33.1 Å². The van der Waals surface area contributed by atoms with Gasteiger partial charge in [0.1, 0.15) is 22.8 Å². The zero-order chi connectivity index (χ0) is 24.4. The molecule has 1 atom stereocenters. The summed E-state index contributed by atoms with van der Waals surface area (Å²) in [6, 6.07) is 7.18. The number of methoxy groups -OCH3 is 1. The molecule has 10 nitrogen and oxygen atoms in total. The number of hydrogen-bond acceptors (Lipinski definition) is 8. The number of nitro benzene ring substituents is 1. The number of furan rings is 2. The molecule has 1 aliphatic rings. The number of amides is 1. The summed E-state index contributed by atoms with van der Waals surface area (Å²) in [5, 5.41) is 14.1. The van der Waals surface area contributed by atoms with Crippen LogP contribution in [-0.4, -0.2) is 30.5 Å². The van der Waals surface area contributed by atoms with Crippen molar-refractivity contribution < 1.29 is 32.8 Å². The lowest BCUT2D eigenvalue weighted by Gasteiger charge is -2.16. The van der Waals surface area contributed by atoms with E-state index in [-0.39, 0.29) is 40.8 Å². The van der Waals surface area contributed by atoms with E-state index in [1.165, 1.54) is 31.4 Å². The summed E-state index contributed by atoms with van der Waals surface area (Å²) >= 11 is 0. The van der Waals surface area contributed by atoms with Crippen molar-refractivity contribution in [2.75, 3.05) is 19.0 Å². The van der Waals surface area contributed by atoms with Crippen molar-refractivity contribution in [3.63, 3.8) is 0 Å². The number of nitrogens with one attached hydrogen (secondary N) is 1. The summed E-state index contributed by atoms with van der Waals surface area (Å²) in [5.41, 5.74) is 0.938. The third-order valence-electron chi connectivity index (χ3n) is 5.72. The summed E-state index contributed by atoms with van der Waals surface area (Å²) in [4.78, 5) is 36.5. The van der Waals surface area contributed by atoms with E-state index in [4.69, 9.17) is 18.3 Å². The molecule has 2 heterocycles. The maximum atomic E-state index is 12.9. The molecule has 2 aromatic heterocycles. The highest BCUT2D eigenvalue weighted by Gasteiger charge is 2.31. The minimum Gasteiger partial charge on any atom is -0.497 e. The number of carbonyl (C=O) groups excluding carboxylic acids is 2. The Labute approximate surface area is 195 Å². The Kier molecular flexibility index (Phi) is 6.40. The predicted molar refractivity (Wildman–Crippen MR) is 121 cm³/mol. The molecule has 0 saturated heterocycles. The molecule has 0 aliphatic heterocycles. The first-order valence-corrected chi connectivity index (χ1v) is 10.9. The topological polar surface area (TPSA) is 134 Å². The van der Waals surface area contributed by atoms with Crippen molar-refractivity contribution in [3.8, 4) is 17.1 Å². The van der Waals surface area contributed by atoms with Crippen LogP contribution in [0.2, 0.25) is 0 Å². The quantitative estimate of drug-likeness (QED) is 0.290. The zero-order valence-electron chi connectivity index (χ0n) is 19.0. The molecule has 10 heteroatoms. The lowest BCUT2D eigenvalue weighted by atomic mass is 9.88. The fourth-order valence-electron chi connectivity index (χ4n) is 4.03. The van der Waals surface area contributed by atoms with Gasteiger partial charge in [-0.1, -0.05) is 6.92 Å². The van der Waals surface area contributed by atoms with Gasteiger partial charge in [-0.15, -0.1) is 0 Å². The zero-order valence-corrected chi connectivity index (χ0v) is 19.0. The third-order valence-corrected chi connectivity index (χ3v) is 5.72. The number of anilines is 1. The smallest absolute Gasteiger partial charge is 0.344 e. The number of esters is 1. The first kappa shape index (κ1) is 23.1. The van der Waals surface area contributed by atoms with E-state index in [1.54, 1.807) is 13.0 Å². The molecule has 178 valence electrons. The highest BCUT2D eigenvalue weighted by molar-refractivity contribution is 6.06. The Bertz CT molecular complexity index is 1260. The maximum Gasteiger partial charge on any atom is 0.344 e. The van der Waals surface area contributed by atoms with Gasteiger partial charge in [-0.3, -0.25) is 20.2 Å². The van der Waals surface area contributed by atoms with Gasteiger partial charge in [0.15, 0.2) is 5.76 Å². The largest absolute Gasteiger partial charge is 0.497 e. The van der Waals surface area contributed by atoms with E-state index in [0.717, 1.165) is 12.0 Å². The van der Waals surface area contributed by atoms with Gasteiger partial charge in [-0.05, 0) is 49.9 Å². The molecule has 1 aromatic carbocycles. The monoisotopic (exact) mass is 468 g/mol. The fraction of sp³-hybridized carbons (Fsp3) is 0.333. The highest BCUT2D eigenvalue weighted by Crippen LogP contribution is 2.37. The Morgan fingerprint density at radius 3 is 2.74 bits per heavy atom. The average molecular weight is 468 g/mol. The molecule has 0 radical (unpaired) electrons. The molecule has 0 fully saturated rings. The normalized spacial score (nSPS) is 14.9. The van der Waals surface area contributed by atoms with Gasteiger partial charge in [0.2, 0.25) is 5.88 Å². The van der Waals surface area contributed by atoms with Crippen LogP contribution in [0.1, 0.15) is 52.5 Å². The maximum absolute atomic E-state index is 12.9. The van der Waals surface area contributed by atoms with Gasteiger partial charge in [-0.25, -0.2) is 4.79 Å². The van der Waals surface area contributed by atoms with Gasteiger partial charge < -0.3 is 18.3 Å². The van der Waals surface area contributed by atoms with E-state index in [0.29, 0.717) is 30.3 Å². The molecule has 0 spiro atoms. The first-order chi connectivity index (χ1) is 16.3. The molecule has 34 heavy (non-hydrogen) atoms. The van der Waals surface area contributed by atoms with Gasteiger partial charge in [-0.2, -0.15) is 0 Å². The number of rotatable bonds is 7. The van der Waals surface area contributed by atoms with E-state index >= 15 is 0 Å². The number of hydrogen-bond donors (Lipinski definition) is 1.